The van der Waals surface area contributed by atoms with Crippen LogP contribution in [0.1, 0.15) is 26.7 Å². The summed E-state index contributed by atoms with van der Waals surface area (Å²) in [6.07, 6.45) is 3.07. The quantitative estimate of drug-likeness (QED) is 0.707. The van der Waals surface area contributed by atoms with Crippen molar-refractivity contribution in [3.8, 4) is 0 Å². The van der Waals surface area contributed by atoms with Crippen molar-refractivity contribution in [2.24, 2.45) is 0 Å². The Hall–Kier alpha value is -3.22. The van der Waals surface area contributed by atoms with E-state index < -0.39 is 0 Å². The summed E-state index contributed by atoms with van der Waals surface area (Å²) in [5.74, 6) is 0.0205. The van der Waals surface area contributed by atoms with Gasteiger partial charge in [-0.25, -0.2) is 4.98 Å². The highest BCUT2D eigenvalue weighted by molar-refractivity contribution is 5.96. The van der Waals surface area contributed by atoms with Gasteiger partial charge in [0, 0.05) is 37.8 Å². The SMILES string of the molecule is Cc1cnc(C(=O)N2CCN(C(=O)c3cc4ccccc4o3)CC2)cn1. The Bertz CT molecular complexity index is 923. The topological polar surface area (TPSA) is 79.5 Å². The zero-order valence-corrected chi connectivity index (χ0v) is 14.4. The normalized spacial score (nSPS) is 14.7. The number of carbonyl (C=O) groups is 2. The van der Waals surface area contributed by atoms with Crippen LogP contribution in [0.3, 0.4) is 0 Å². The van der Waals surface area contributed by atoms with Crippen molar-refractivity contribution in [2.45, 2.75) is 6.92 Å². The van der Waals surface area contributed by atoms with Gasteiger partial charge in [0.1, 0.15) is 11.3 Å². The third-order valence-corrected chi connectivity index (χ3v) is 4.49. The first kappa shape index (κ1) is 16.3. The molecule has 3 heterocycles. The van der Waals surface area contributed by atoms with Crippen LogP contribution in [0.25, 0.3) is 11.0 Å². The molecule has 0 saturated carbocycles. The molecule has 1 fully saturated rings. The number of nitrogens with zero attached hydrogens (tertiary/aromatic N) is 4. The number of piperazine rings is 1. The lowest BCUT2D eigenvalue weighted by Gasteiger charge is -2.34. The number of fused-ring (bicyclic) bond motifs is 1. The van der Waals surface area contributed by atoms with Crippen LogP contribution >= 0.6 is 0 Å². The van der Waals surface area contributed by atoms with Gasteiger partial charge in [-0.3, -0.25) is 14.6 Å². The second-order valence-electron chi connectivity index (χ2n) is 6.28. The number of hydrogen-bond acceptors (Lipinski definition) is 5. The van der Waals surface area contributed by atoms with Gasteiger partial charge in [0.05, 0.1) is 11.9 Å². The predicted molar refractivity (Wildman–Crippen MR) is 94.8 cm³/mol. The van der Waals surface area contributed by atoms with Crippen LogP contribution in [0.15, 0.2) is 47.1 Å². The fourth-order valence-electron chi connectivity index (χ4n) is 3.02. The lowest BCUT2D eigenvalue weighted by Crippen LogP contribution is -2.50. The molecule has 26 heavy (non-hydrogen) atoms. The molecule has 3 aromatic rings. The largest absolute Gasteiger partial charge is 0.451 e. The number of benzene rings is 1. The van der Waals surface area contributed by atoms with E-state index in [9.17, 15) is 9.59 Å². The van der Waals surface area contributed by atoms with Gasteiger partial charge < -0.3 is 14.2 Å². The fraction of sp³-hybridized carbons (Fsp3) is 0.263. The fourth-order valence-corrected chi connectivity index (χ4v) is 3.02. The smallest absolute Gasteiger partial charge is 0.289 e. The number of para-hydroxylation sites is 1. The van der Waals surface area contributed by atoms with Gasteiger partial charge in [0.2, 0.25) is 0 Å². The summed E-state index contributed by atoms with van der Waals surface area (Å²) in [5, 5.41) is 0.905. The number of hydrogen-bond donors (Lipinski definition) is 0. The van der Waals surface area contributed by atoms with Gasteiger partial charge in [0.15, 0.2) is 5.76 Å². The Morgan fingerprint density at radius 2 is 1.65 bits per heavy atom. The number of furan rings is 1. The highest BCUT2D eigenvalue weighted by Gasteiger charge is 2.27. The second kappa shape index (κ2) is 6.59. The highest BCUT2D eigenvalue weighted by Crippen LogP contribution is 2.20. The van der Waals surface area contributed by atoms with Gasteiger partial charge in [-0.05, 0) is 19.1 Å². The third-order valence-electron chi connectivity index (χ3n) is 4.49. The number of amides is 2. The first-order valence-electron chi connectivity index (χ1n) is 8.47. The zero-order valence-electron chi connectivity index (χ0n) is 14.4. The van der Waals surface area contributed by atoms with Crippen molar-refractivity contribution < 1.29 is 14.0 Å². The minimum absolute atomic E-state index is 0.150. The molecule has 0 aliphatic carbocycles. The van der Waals surface area contributed by atoms with Crippen LogP contribution in [0.5, 0.6) is 0 Å². The molecule has 2 amide bonds. The molecule has 7 nitrogen and oxygen atoms in total. The molecule has 1 aromatic carbocycles. The van der Waals surface area contributed by atoms with Crippen molar-refractivity contribution >= 4 is 22.8 Å². The van der Waals surface area contributed by atoms with E-state index >= 15 is 0 Å². The van der Waals surface area contributed by atoms with Crippen LogP contribution < -0.4 is 0 Å². The van der Waals surface area contributed by atoms with Crippen LogP contribution in [-0.4, -0.2) is 57.8 Å². The molecule has 0 spiro atoms. The van der Waals surface area contributed by atoms with E-state index in [0.717, 1.165) is 11.1 Å². The van der Waals surface area contributed by atoms with Crippen LogP contribution in [-0.2, 0) is 0 Å². The Balaban J connectivity index is 1.42. The third kappa shape index (κ3) is 3.03. The van der Waals surface area contributed by atoms with Crippen molar-refractivity contribution in [2.75, 3.05) is 26.2 Å². The molecule has 1 saturated heterocycles. The van der Waals surface area contributed by atoms with Crippen molar-refractivity contribution in [1.29, 1.82) is 0 Å². The Labute approximate surface area is 150 Å². The van der Waals surface area contributed by atoms with Gasteiger partial charge >= 0.3 is 0 Å². The Kier molecular flexibility index (Phi) is 4.12. The van der Waals surface area contributed by atoms with Crippen molar-refractivity contribution in [3.05, 3.63) is 59.9 Å². The summed E-state index contributed by atoms with van der Waals surface area (Å²) in [5.41, 5.74) is 1.79. The number of aryl methyl sites for hydroxylation is 1. The van der Waals surface area contributed by atoms with E-state index in [4.69, 9.17) is 4.42 Å². The summed E-state index contributed by atoms with van der Waals surface area (Å²) in [6.45, 7) is 3.66. The van der Waals surface area contributed by atoms with E-state index in [1.807, 2.05) is 31.2 Å². The minimum atomic E-state index is -0.159. The molecular weight excluding hydrogens is 332 g/mol. The van der Waals surface area contributed by atoms with Crippen molar-refractivity contribution in [1.82, 2.24) is 19.8 Å². The molecule has 1 aliphatic rings. The average molecular weight is 350 g/mol. The maximum absolute atomic E-state index is 12.7. The lowest BCUT2D eigenvalue weighted by molar-refractivity contribution is 0.0516. The predicted octanol–water partition coefficient (Wildman–Crippen LogP) is 2.13. The number of aromatic nitrogens is 2. The summed E-state index contributed by atoms with van der Waals surface area (Å²) in [7, 11) is 0. The van der Waals surface area contributed by atoms with E-state index in [0.29, 0.717) is 43.2 Å². The summed E-state index contributed by atoms with van der Waals surface area (Å²) < 4.78 is 5.65. The molecule has 7 heteroatoms. The Morgan fingerprint density at radius 3 is 2.31 bits per heavy atom. The molecule has 0 unspecified atom stereocenters. The van der Waals surface area contributed by atoms with Crippen LogP contribution in [0.4, 0.5) is 0 Å². The monoisotopic (exact) mass is 350 g/mol. The van der Waals surface area contributed by atoms with Gasteiger partial charge in [0.25, 0.3) is 11.8 Å². The number of rotatable bonds is 2. The van der Waals surface area contributed by atoms with Gasteiger partial charge in [-0.2, -0.15) is 0 Å². The Morgan fingerprint density at radius 1 is 0.962 bits per heavy atom. The first-order chi connectivity index (χ1) is 12.6. The summed E-state index contributed by atoms with van der Waals surface area (Å²) in [4.78, 5) is 36.8. The molecule has 0 N–H and O–H groups in total. The molecular formula is C19H18N4O3. The molecule has 0 bridgehead atoms. The summed E-state index contributed by atoms with van der Waals surface area (Å²) >= 11 is 0. The average Bonchev–Trinajstić information content (AvgIpc) is 3.12. The molecule has 4 rings (SSSR count). The molecule has 0 radical (unpaired) electrons. The standard InChI is InChI=1S/C19H18N4O3/c1-13-11-21-15(12-20-13)18(24)22-6-8-23(9-7-22)19(25)17-10-14-4-2-3-5-16(14)26-17/h2-5,10-12H,6-9H2,1H3. The molecule has 1 aliphatic heterocycles. The van der Waals surface area contributed by atoms with Gasteiger partial charge in [-0.15, -0.1) is 0 Å². The molecule has 2 aromatic heterocycles. The summed E-state index contributed by atoms with van der Waals surface area (Å²) in [6, 6.07) is 9.29. The minimum Gasteiger partial charge on any atom is -0.451 e. The van der Waals surface area contributed by atoms with Crippen LogP contribution in [0.2, 0.25) is 0 Å². The van der Waals surface area contributed by atoms with Gasteiger partial charge in [-0.1, -0.05) is 18.2 Å². The number of carbonyl (C=O) groups excluding carboxylic acids is 2. The highest BCUT2D eigenvalue weighted by atomic mass is 16.3. The molecule has 132 valence electrons. The maximum Gasteiger partial charge on any atom is 0.289 e. The van der Waals surface area contributed by atoms with E-state index in [-0.39, 0.29) is 11.8 Å². The zero-order chi connectivity index (χ0) is 18.1. The van der Waals surface area contributed by atoms with E-state index in [2.05, 4.69) is 9.97 Å². The lowest BCUT2D eigenvalue weighted by atomic mass is 10.2. The van der Waals surface area contributed by atoms with E-state index in [1.165, 1.54) is 6.20 Å². The molecule has 0 atom stereocenters. The second-order valence-corrected chi connectivity index (χ2v) is 6.28. The van der Waals surface area contributed by atoms with Crippen LogP contribution in [0, 0.1) is 6.92 Å². The maximum atomic E-state index is 12.7. The van der Waals surface area contributed by atoms with Crippen molar-refractivity contribution in [3.63, 3.8) is 0 Å². The van der Waals surface area contributed by atoms with E-state index in [1.54, 1.807) is 22.1 Å². The first-order valence-corrected chi connectivity index (χ1v) is 8.47.